The van der Waals surface area contributed by atoms with Crippen molar-refractivity contribution < 1.29 is 9.59 Å². The Balaban J connectivity index is 1.41. The number of rotatable bonds is 8. The third kappa shape index (κ3) is 6.33. The molecule has 2 amide bonds. The molecule has 4 rings (SSSR count). The van der Waals surface area contributed by atoms with Crippen molar-refractivity contribution >= 4 is 34.9 Å². The van der Waals surface area contributed by atoms with Gasteiger partial charge in [0.2, 0.25) is 11.8 Å². The highest BCUT2D eigenvalue weighted by molar-refractivity contribution is 7.13. The van der Waals surface area contributed by atoms with E-state index < -0.39 is 0 Å². The molecule has 0 radical (unpaired) electrons. The first kappa shape index (κ1) is 24.2. The topological polar surface area (TPSA) is 76.0 Å². The number of carbonyl (C=O) groups excluding carboxylic acids is 2. The molecule has 6 nitrogen and oxygen atoms in total. The summed E-state index contributed by atoms with van der Waals surface area (Å²) in [4.78, 5) is 25.9. The minimum Gasteiger partial charge on any atom is -0.343 e. The molecule has 0 bridgehead atoms. The van der Waals surface area contributed by atoms with Crippen molar-refractivity contribution in [1.29, 1.82) is 0 Å². The lowest BCUT2D eigenvalue weighted by Crippen LogP contribution is -2.32. The highest BCUT2D eigenvalue weighted by Crippen LogP contribution is 2.28. The Labute approximate surface area is 209 Å². The minimum absolute atomic E-state index is 0.110. The molecule has 0 atom stereocenters. The maximum absolute atomic E-state index is 12.4. The number of aromatic nitrogens is 2. The number of aryl methyl sites for hydroxylation is 3. The van der Waals surface area contributed by atoms with Crippen LogP contribution in [-0.2, 0) is 16.1 Å². The lowest BCUT2D eigenvalue weighted by molar-refractivity contribution is -0.121. The van der Waals surface area contributed by atoms with Crippen LogP contribution >= 0.6 is 11.3 Å². The maximum atomic E-state index is 12.4. The number of hydrogen-bond donors (Lipinski definition) is 2. The maximum Gasteiger partial charge on any atom is 0.244 e. The molecule has 35 heavy (non-hydrogen) atoms. The lowest BCUT2D eigenvalue weighted by Gasteiger charge is -2.13. The van der Waals surface area contributed by atoms with E-state index in [0.717, 1.165) is 44.1 Å². The summed E-state index contributed by atoms with van der Waals surface area (Å²) in [7, 11) is 0. The Morgan fingerprint density at radius 2 is 1.77 bits per heavy atom. The van der Waals surface area contributed by atoms with Gasteiger partial charge < -0.3 is 10.6 Å². The second-order valence-electron chi connectivity index (χ2n) is 8.47. The second-order valence-corrected chi connectivity index (χ2v) is 9.41. The van der Waals surface area contributed by atoms with Gasteiger partial charge in [-0.3, -0.25) is 14.3 Å². The summed E-state index contributed by atoms with van der Waals surface area (Å²) in [5.41, 5.74) is 6.73. The molecule has 0 saturated heterocycles. The number of thiophene rings is 1. The predicted octanol–water partition coefficient (Wildman–Crippen LogP) is 5.35. The van der Waals surface area contributed by atoms with Crippen LogP contribution in [0.4, 0.5) is 5.69 Å². The van der Waals surface area contributed by atoms with E-state index in [0.29, 0.717) is 6.54 Å². The number of nitrogens with one attached hydrogen (secondary N) is 2. The van der Waals surface area contributed by atoms with E-state index in [-0.39, 0.29) is 18.4 Å². The monoisotopic (exact) mass is 484 g/mol. The third-order valence-corrected chi connectivity index (χ3v) is 6.39. The van der Waals surface area contributed by atoms with Gasteiger partial charge in [-0.1, -0.05) is 54.1 Å². The zero-order valence-corrected chi connectivity index (χ0v) is 20.9. The van der Waals surface area contributed by atoms with Crippen LogP contribution in [0.1, 0.15) is 27.8 Å². The molecule has 2 heterocycles. The molecular weight excluding hydrogens is 456 g/mol. The summed E-state index contributed by atoms with van der Waals surface area (Å²) < 4.78 is 1.88. The van der Waals surface area contributed by atoms with Gasteiger partial charge in [-0.05, 0) is 55.0 Å². The molecule has 0 aliphatic rings. The highest BCUT2D eigenvalue weighted by atomic mass is 32.1. The number of amides is 2. The van der Waals surface area contributed by atoms with Gasteiger partial charge in [-0.25, -0.2) is 0 Å². The highest BCUT2D eigenvalue weighted by Gasteiger charge is 2.12. The summed E-state index contributed by atoms with van der Waals surface area (Å²) in [6, 6.07) is 18.1. The summed E-state index contributed by atoms with van der Waals surface area (Å²) in [6.07, 6.45) is 5.11. The molecule has 0 fully saturated rings. The molecular formula is C28H28N4O2S. The first-order chi connectivity index (χ1) is 16.9. The summed E-state index contributed by atoms with van der Waals surface area (Å²) in [5.74, 6) is -0.609. The van der Waals surface area contributed by atoms with Crippen molar-refractivity contribution in [2.75, 3.05) is 11.9 Å². The van der Waals surface area contributed by atoms with Gasteiger partial charge in [-0.2, -0.15) is 5.10 Å². The van der Waals surface area contributed by atoms with Gasteiger partial charge in [0.1, 0.15) is 5.69 Å². The molecule has 0 saturated carbocycles. The number of anilines is 1. The minimum atomic E-state index is -0.342. The second kappa shape index (κ2) is 11.0. The van der Waals surface area contributed by atoms with Gasteiger partial charge in [0.05, 0.1) is 18.0 Å². The van der Waals surface area contributed by atoms with Crippen LogP contribution in [-0.4, -0.2) is 28.1 Å². The van der Waals surface area contributed by atoms with E-state index in [1.807, 2.05) is 79.5 Å². The van der Waals surface area contributed by atoms with Crippen LogP contribution in [0.2, 0.25) is 0 Å². The van der Waals surface area contributed by atoms with Crippen LogP contribution in [0.5, 0.6) is 0 Å². The van der Waals surface area contributed by atoms with E-state index in [4.69, 9.17) is 5.10 Å². The summed E-state index contributed by atoms with van der Waals surface area (Å²) in [5, 5.41) is 12.3. The van der Waals surface area contributed by atoms with Crippen molar-refractivity contribution in [3.8, 4) is 10.6 Å². The zero-order chi connectivity index (χ0) is 24.8. The Morgan fingerprint density at radius 3 is 2.46 bits per heavy atom. The SMILES string of the molecule is Cc1cc(C)c(NC(=O)CNC(=O)/C=C/c2cn(Cc3ccccc3)nc2-c2cccs2)c(C)c1. The fraction of sp³-hybridized carbons (Fsp3) is 0.179. The van der Waals surface area contributed by atoms with Gasteiger partial charge in [0.15, 0.2) is 0 Å². The fourth-order valence-corrected chi connectivity index (χ4v) is 4.70. The van der Waals surface area contributed by atoms with E-state index in [1.54, 1.807) is 17.4 Å². The van der Waals surface area contributed by atoms with E-state index in [2.05, 4.69) is 22.8 Å². The smallest absolute Gasteiger partial charge is 0.244 e. The molecule has 7 heteroatoms. The lowest BCUT2D eigenvalue weighted by atomic mass is 10.1. The first-order valence-electron chi connectivity index (χ1n) is 11.4. The standard InChI is InChI=1S/C28H28N4O2S/c1-19-14-20(2)27(21(3)15-19)30-26(34)16-29-25(33)12-11-23-18-32(17-22-8-5-4-6-9-22)31-28(23)24-10-7-13-35-24/h4-15,18H,16-17H2,1-3H3,(H,29,33)(H,30,34)/b12-11+. The van der Waals surface area contributed by atoms with Gasteiger partial charge in [-0.15, -0.1) is 11.3 Å². The van der Waals surface area contributed by atoms with Crippen molar-refractivity contribution in [2.45, 2.75) is 27.3 Å². The van der Waals surface area contributed by atoms with Gasteiger partial charge in [0, 0.05) is 23.5 Å². The number of carbonyl (C=O) groups is 2. The quantitative estimate of drug-likeness (QED) is 0.331. The first-order valence-corrected chi connectivity index (χ1v) is 12.3. The Bertz CT molecular complexity index is 1330. The van der Waals surface area contributed by atoms with E-state index in [9.17, 15) is 9.59 Å². The van der Waals surface area contributed by atoms with Crippen molar-refractivity contribution in [3.63, 3.8) is 0 Å². The average Bonchev–Trinajstić information content (AvgIpc) is 3.49. The van der Waals surface area contributed by atoms with Crippen LogP contribution < -0.4 is 10.6 Å². The predicted molar refractivity (Wildman–Crippen MR) is 142 cm³/mol. The average molecular weight is 485 g/mol. The largest absolute Gasteiger partial charge is 0.343 e. The number of nitrogens with zero attached hydrogens (tertiary/aromatic N) is 2. The Kier molecular flexibility index (Phi) is 7.57. The van der Waals surface area contributed by atoms with E-state index in [1.165, 1.54) is 6.08 Å². The van der Waals surface area contributed by atoms with Crippen LogP contribution in [0, 0.1) is 20.8 Å². The normalized spacial score (nSPS) is 11.1. The van der Waals surface area contributed by atoms with Gasteiger partial charge in [0.25, 0.3) is 0 Å². The third-order valence-electron chi connectivity index (χ3n) is 5.51. The Hall–Kier alpha value is -3.97. The molecule has 2 aromatic heterocycles. The van der Waals surface area contributed by atoms with Crippen LogP contribution in [0.25, 0.3) is 16.6 Å². The van der Waals surface area contributed by atoms with Crippen molar-refractivity contribution in [1.82, 2.24) is 15.1 Å². The van der Waals surface area contributed by atoms with Gasteiger partial charge >= 0.3 is 0 Å². The van der Waals surface area contributed by atoms with Crippen molar-refractivity contribution in [3.05, 3.63) is 100 Å². The fourth-order valence-electron chi connectivity index (χ4n) is 3.97. The molecule has 0 aliphatic heterocycles. The number of hydrogen-bond acceptors (Lipinski definition) is 4. The molecule has 2 N–H and O–H groups in total. The molecule has 0 aliphatic carbocycles. The van der Waals surface area contributed by atoms with Crippen LogP contribution in [0.15, 0.2) is 72.3 Å². The molecule has 178 valence electrons. The summed E-state index contributed by atoms with van der Waals surface area (Å²) in [6.45, 7) is 6.46. The molecule has 0 unspecified atom stereocenters. The summed E-state index contributed by atoms with van der Waals surface area (Å²) >= 11 is 1.60. The Morgan fingerprint density at radius 1 is 1.03 bits per heavy atom. The molecule has 2 aromatic carbocycles. The van der Waals surface area contributed by atoms with Crippen molar-refractivity contribution in [2.24, 2.45) is 0 Å². The zero-order valence-electron chi connectivity index (χ0n) is 20.0. The molecule has 0 spiro atoms. The molecule has 4 aromatic rings. The van der Waals surface area contributed by atoms with E-state index >= 15 is 0 Å². The number of benzene rings is 2. The van der Waals surface area contributed by atoms with Crippen LogP contribution in [0.3, 0.4) is 0 Å².